The number of ether oxygens (including phenoxy) is 1. The lowest BCUT2D eigenvalue weighted by molar-refractivity contribution is 0.287. The summed E-state index contributed by atoms with van der Waals surface area (Å²) in [6.45, 7) is 2.68. The number of aromatic nitrogens is 1. The van der Waals surface area contributed by atoms with Gasteiger partial charge in [0.1, 0.15) is 0 Å². The summed E-state index contributed by atoms with van der Waals surface area (Å²) in [4.78, 5) is 3.49. The first kappa shape index (κ1) is 9.96. The first-order valence-corrected chi connectivity index (χ1v) is 4.58. The summed E-state index contributed by atoms with van der Waals surface area (Å²) in [5, 5.41) is 0. The van der Waals surface area contributed by atoms with Gasteiger partial charge in [-0.25, -0.2) is 4.98 Å². The minimum atomic E-state index is -0.529. The van der Waals surface area contributed by atoms with Crippen molar-refractivity contribution in [3.63, 3.8) is 0 Å². The summed E-state index contributed by atoms with van der Waals surface area (Å²) in [6.07, 6.45) is 4.62. The van der Waals surface area contributed by atoms with Crippen LogP contribution in [0.3, 0.4) is 0 Å². The van der Waals surface area contributed by atoms with E-state index in [-0.39, 0.29) is 5.75 Å². The zero-order chi connectivity index (χ0) is 9.52. The van der Waals surface area contributed by atoms with Gasteiger partial charge in [0.2, 0.25) is 0 Å². The molecule has 0 unspecified atom stereocenters. The Morgan fingerprint density at radius 2 is 2.31 bits per heavy atom. The Kier molecular flexibility index (Phi) is 4.23. The summed E-state index contributed by atoms with van der Waals surface area (Å²) in [6, 6.07) is 3.26. The van der Waals surface area contributed by atoms with E-state index in [2.05, 4.69) is 11.9 Å². The first-order chi connectivity index (χ1) is 6.34. The van der Waals surface area contributed by atoms with Crippen molar-refractivity contribution >= 4 is 0 Å². The fourth-order valence-corrected chi connectivity index (χ4v) is 1.01. The maximum Gasteiger partial charge on any atom is 0.255 e. The fraction of sp³-hybridized carbons (Fsp3) is 0.500. The van der Waals surface area contributed by atoms with Crippen molar-refractivity contribution in [3.05, 3.63) is 24.3 Å². The molecule has 0 radical (unpaired) electrons. The van der Waals surface area contributed by atoms with Gasteiger partial charge in [-0.1, -0.05) is 19.8 Å². The second kappa shape index (κ2) is 5.51. The minimum Gasteiger partial charge on any atom is -0.489 e. The van der Waals surface area contributed by atoms with Crippen molar-refractivity contribution in [2.45, 2.75) is 26.2 Å². The van der Waals surface area contributed by atoms with Crippen molar-refractivity contribution in [3.8, 4) is 5.75 Å². The van der Waals surface area contributed by atoms with Crippen LogP contribution in [0, 0.1) is 5.95 Å². The monoisotopic (exact) mass is 183 g/mol. The van der Waals surface area contributed by atoms with Gasteiger partial charge in [0.25, 0.3) is 5.95 Å². The maximum atomic E-state index is 12.9. The van der Waals surface area contributed by atoms with E-state index in [1.165, 1.54) is 6.20 Å². The van der Waals surface area contributed by atoms with E-state index in [0.717, 1.165) is 19.3 Å². The number of unbranched alkanes of at least 4 members (excludes halogenated alkanes) is 2. The number of pyridine rings is 1. The molecule has 1 aromatic rings. The van der Waals surface area contributed by atoms with Crippen LogP contribution in [0.25, 0.3) is 0 Å². The fourth-order valence-electron chi connectivity index (χ4n) is 1.01. The van der Waals surface area contributed by atoms with Crippen LogP contribution in [-0.4, -0.2) is 11.6 Å². The van der Waals surface area contributed by atoms with Crippen LogP contribution in [0.5, 0.6) is 5.75 Å². The van der Waals surface area contributed by atoms with Crippen LogP contribution < -0.4 is 4.74 Å². The highest BCUT2D eigenvalue weighted by Gasteiger charge is 2.01. The van der Waals surface area contributed by atoms with Gasteiger partial charge >= 0.3 is 0 Å². The van der Waals surface area contributed by atoms with Gasteiger partial charge < -0.3 is 4.74 Å². The predicted molar refractivity (Wildman–Crippen MR) is 49.2 cm³/mol. The lowest BCUT2D eigenvalue weighted by Crippen LogP contribution is -1.99. The lowest BCUT2D eigenvalue weighted by atomic mass is 10.3. The van der Waals surface area contributed by atoms with Crippen molar-refractivity contribution < 1.29 is 9.13 Å². The van der Waals surface area contributed by atoms with Gasteiger partial charge in [-0.05, 0) is 18.6 Å². The van der Waals surface area contributed by atoms with Gasteiger partial charge in [0.05, 0.1) is 6.61 Å². The van der Waals surface area contributed by atoms with Crippen LogP contribution in [-0.2, 0) is 0 Å². The quantitative estimate of drug-likeness (QED) is 0.517. The van der Waals surface area contributed by atoms with E-state index >= 15 is 0 Å². The van der Waals surface area contributed by atoms with Gasteiger partial charge in [0, 0.05) is 6.20 Å². The van der Waals surface area contributed by atoms with Crippen molar-refractivity contribution in [2.75, 3.05) is 6.61 Å². The molecule has 0 amide bonds. The van der Waals surface area contributed by atoms with Crippen LogP contribution >= 0.6 is 0 Å². The molecule has 2 nitrogen and oxygen atoms in total. The molecule has 0 aliphatic heterocycles. The van der Waals surface area contributed by atoms with E-state index in [1.807, 2.05) is 0 Å². The lowest BCUT2D eigenvalue weighted by Gasteiger charge is -2.04. The molecule has 1 rings (SSSR count). The average Bonchev–Trinajstić information content (AvgIpc) is 2.15. The van der Waals surface area contributed by atoms with Crippen LogP contribution in [0.4, 0.5) is 4.39 Å². The zero-order valence-corrected chi connectivity index (χ0v) is 7.79. The number of hydrogen-bond acceptors (Lipinski definition) is 2. The third-order valence-electron chi connectivity index (χ3n) is 1.73. The molecule has 0 saturated carbocycles. The van der Waals surface area contributed by atoms with E-state index in [1.54, 1.807) is 12.1 Å². The Morgan fingerprint density at radius 3 is 3.00 bits per heavy atom. The highest BCUT2D eigenvalue weighted by molar-refractivity contribution is 5.17. The summed E-state index contributed by atoms with van der Waals surface area (Å²) in [5.41, 5.74) is 0. The zero-order valence-electron chi connectivity index (χ0n) is 7.79. The Labute approximate surface area is 77.8 Å². The summed E-state index contributed by atoms with van der Waals surface area (Å²) >= 11 is 0. The van der Waals surface area contributed by atoms with E-state index < -0.39 is 5.95 Å². The Balaban J connectivity index is 2.32. The van der Waals surface area contributed by atoms with Crippen molar-refractivity contribution in [2.24, 2.45) is 0 Å². The van der Waals surface area contributed by atoms with Crippen molar-refractivity contribution in [1.29, 1.82) is 0 Å². The SMILES string of the molecule is CCCCCOc1cccnc1F. The molecule has 0 atom stereocenters. The maximum absolute atomic E-state index is 12.9. The normalized spacial score (nSPS) is 10.0. The molecule has 0 aliphatic rings. The van der Waals surface area contributed by atoms with Gasteiger partial charge in [-0.3, -0.25) is 0 Å². The molecule has 0 spiro atoms. The molecular weight excluding hydrogens is 169 g/mol. The molecule has 72 valence electrons. The first-order valence-electron chi connectivity index (χ1n) is 4.58. The molecule has 0 N–H and O–H groups in total. The number of nitrogens with zero attached hydrogens (tertiary/aromatic N) is 1. The largest absolute Gasteiger partial charge is 0.489 e. The van der Waals surface area contributed by atoms with E-state index in [9.17, 15) is 4.39 Å². The van der Waals surface area contributed by atoms with Gasteiger partial charge in [-0.15, -0.1) is 0 Å². The Hall–Kier alpha value is -1.12. The third kappa shape index (κ3) is 3.40. The molecular formula is C10H14FNO. The van der Waals surface area contributed by atoms with E-state index in [4.69, 9.17) is 4.74 Å². The smallest absolute Gasteiger partial charge is 0.255 e. The number of rotatable bonds is 5. The average molecular weight is 183 g/mol. The van der Waals surface area contributed by atoms with Crippen LogP contribution in [0.2, 0.25) is 0 Å². The van der Waals surface area contributed by atoms with Crippen LogP contribution in [0.1, 0.15) is 26.2 Å². The van der Waals surface area contributed by atoms with E-state index in [0.29, 0.717) is 6.61 Å². The Bertz CT molecular complexity index is 252. The highest BCUT2D eigenvalue weighted by atomic mass is 19.1. The second-order valence-corrected chi connectivity index (χ2v) is 2.85. The predicted octanol–water partition coefficient (Wildman–Crippen LogP) is 2.79. The molecule has 0 aliphatic carbocycles. The third-order valence-corrected chi connectivity index (χ3v) is 1.73. The molecule has 0 saturated heterocycles. The molecule has 0 bridgehead atoms. The van der Waals surface area contributed by atoms with Gasteiger partial charge in [0.15, 0.2) is 5.75 Å². The molecule has 0 aromatic carbocycles. The summed E-state index contributed by atoms with van der Waals surface area (Å²) in [7, 11) is 0. The van der Waals surface area contributed by atoms with Crippen LogP contribution in [0.15, 0.2) is 18.3 Å². The Morgan fingerprint density at radius 1 is 1.46 bits per heavy atom. The summed E-state index contributed by atoms with van der Waals surface area (Å²) in [5.74, 6) is -0.280. The molecule has 1 heterocycles. The highest BCUT2D eigenvalue weighted by Crippen LogP contribution is 2.13. The molecule has 0 fully saturated rings. The minimum absolute atomic E-state index is 0.249. The number of halogens is 1. The van der Waals surface area contributed by atoms with Crippen molar-refractivity contribution in [1.82, 2.24) is 4.98 Å². The molecule has 13 heavy (non-hydrogen) atoms. The second-order valence-electron chi connectivity index (χ2n) is 2.85. The topological polar surface area (TPSA) is 22.1 Å². The summed E-state index contributed by atoms with van der Waals surface area (Å²) < 4.78 is 18.1. The molecule has 1 aromatic heterocycles. The number of hydrogen-bond donors (Lipinski definition) is 0. The molecule has 3 heteroatoms. The van der Waals surface area contributed by atoms with Gasteiger partial charge in [-0.2, -0.15) is 4.39 Å². The standard InChI is InChI=1S/C10H14FNO/c1-2-3-4-8-13-9-6-5-7-12-10(9)11/h5-7H,2-4,8H2,1H3.